The van der Waals surface area contributed by atoms with Crippen LogP contribution in [0, 0.1) is 11.8 Å². The van der Waals surface area contributed by atoms with E-state index in [0.717, 1.165) is 63.2 Å². The maximum absolute atomic E-state index is 13.8. The average Bonchev–Trinajstić information content (AvgIpc) is 3.02. The number of rotatable bonds is 8. The zero-order valence-corrected chi connectivity index (χ0v) is 19.6. The summed E-state index contributed by atoms with van der Waals surface area (Å²) in [5.74, 6) is 1.91. The molecule has 0 aromatic carbocycles. The van der Waals surface area contributed by atoms with Crippen LogP contribution >= 0.6 is 0 Å². The first kappa shape index (κ1) is 23.1. The van der Waals surface area contributed by atoms with E-state index in [1.165, 1.54) is 70.6 Å². The standard InChI is InChI=1S/C26H45N3O2/c27-24-28-26(18-14-21-10-4-1-5-11-21,19-15-22-12-6-2-7-13-22)23(30)29(24)20-25(31)16-8-3-9-17-25/h21-22,31H,1-20H2,(H2,27,28). The molecular weight excluding hydrogens is 386 g/mol. The second kappa shape index (κ2) is 10.2. The molecule has 0 aromatic heterocycles. The van der Waals surface area contributed by atoms with Crippen molar-refractivity contribution in [2.75, 3.05) is 6.54 Å². The summed E-state index contributed by atoms with van der Waals surface area (Å²) in [7, 11) is 0. The number of nitrogens with zero attached hydrogens (tertiary/aromatic N) is 2. The number of aliphatic hydroxyl groups is 1. The molecule has 5 heteroatoms. The normalized spacial score (nSPS) is 27.5. The molecule has 176 valence electrons. The molecule has 4 rings (SSSR count). The molecule has 4 aliphatic rings. The monoisotopic (exact) mass is 431 g/mol. The lowest BCUT2D eigenvalue weighted by Gasteiger charge is -2.36. The summed E-state index contributed by atoms with van der Waals surface area (Å²) < 4.78 is 0. The van der Waals surface area contributed by atoms with Crippen LogP contribution in [0.25, 0.3) is 0 Å². The number of β-amino-alcohol motifs (C(OH)–C–C–N with tert-alkyl or cyclic N) is 1. The minimum Gasteiger partial charge on any atom is -0.388 e. The largest absolute Gasteiger partial charge is 0.388 e. The van der Waals surface area contributed by atoms with Gasteiger partial charge in [0.05, 0.1) is 12.1 Å². The first-order valence-electron chi connectivity index (χ1n) is 13.4. The van der Waals surface area contributed by atoms with Crippen LogP contribution in [-0.2, 0) is 4.79 Å². The predicted molar refractivity (Wildman–Crippen MR) is 126 cm³/mol. The quantitative estimate of drug-likeness (QED) is 0.547. The van der Waals surface area contributed by atoms with Crippen molar-refractivity contribution in [2.24, 2.45) is 22.6 Å². The lowest BCUT2D eigenvalue weighted by molar-refractivity contribution is -0.135. The van der Waals surface area contributed by atoms with Crippen molar-refractivity contribution in [3.63, 3.8) is 0 Å². The molecule has 1 aliphatic heterocycles. The van der Waals surface area contributed by atoms with Crippen LogP contribution < -0.4 is 5.73 Å². The fourth-order valence-electron chi connectivity index (χ4n) is 6.79. The molecular formula is C26H45N3O2. The highest BCUT2D eigenvalue weighted by Gasteiger charge is 2.49. The van der Waals surface area contributed by atoms with Gasteiger partial charge in [0.1, 0.15) is 5.54 Å². The average molecular weight is 432 g/mol. The third kappa shape index (κ3) is 5.64. The van der Waals surface area contributed by atoms with Gasteiger partial charge in [-0.15, -0.1) is 0 Å². The van der Waals surface area contributed by atoms with Crippen molar-refractivity contribution in [1.82, 2.24) is 4.90 Å². The summed E-state index contributed by atoms with van der Waals surface area (Å²) in [6.45, 7) is 0.329. The molecule has 0 bridgehead atoms. The maximum atomic E-state index is 13.8. The fourth-order valence-corrected chi connectivity index (χ4v) is 6.79. The number of carbonyl (C=O) groups is 1. The number of aliphatic imine (C=N–C) groups is 1. The van der Waals surface area contributed by atoms with Gasteiger partial charge in [-0.2, -0.15) is 0 Å². The predicted octanol–water partition coefficient (Wildman–Crippen LogP) is 5.30. The van der Waals surface area contributed by atoms with Crippen LogP contribution in [0.15, 0.2) is 4.99 Å². The summed E-state index contributed by atoms with van der Waals surface area (Å²) in [4.78, 5) is 20.4. The number of amides is 1. The third-order valence-electron chi connectivity index (χ3n) is 8.87. The smallest absolute Gasteiger partial charge is 0.257 e. The number of guanidine groups is 1. The minimum atomic E-state index is -0.795. The van der Waals surface area contributed by atoms with Gasteiger partial charge in [0.15, 0.2) is 5.96 Å². The summed E-state index contributed by atoms with van der Waals surface area (Å²) in [5.41, 5.74) is 4.91. The third-order valence-corrected chi connectivity index (χ3v) is 8.87. The first-order valence-corrected chi connectivity index (χ1v) is 13.4. The maximum Gasteiger partial charge on any atom is 0.257 e. The molecule has 1 heterocycles. The Kier molecular flexibility index (Phi) is 7.61. The zero-order valence-electron chi connectivity index (χ0n) is 19.6. The van der Waals surface area contributed by atoms with Crippen LogP contribution in [0.3, 0.4) is 0 Å². The SMILES string of the molecule is NC1=NC(CCC2CCCCC2)(CCC2CCCCC2)C(=O)N1CC1(O)CCCCC1. The van der Waals surface area contributed by atoms with Crippen molar-refractivity contribution in [2.45, 2.75) is 133 Å². The lowest BCUT2D eigenvalue weighted by atomic mass is 9.77. The molecule has 0 unspecified atom stereocenters. The highest BCUT2D eigenvalue weighted by Crippen LogP contribution is 2.40. The van der Waals surface area contributed by atoms with E-state index in [4.69, 9.17) is 10.7 Å². The highest BCUT2D eigenvalue weighted by molar-refractivity contribution is 6.06. The van der Waals surface area contributed by atoms with Crippen LogP contribution in [0.1, 0.15) is 122 Å². The Morgan fingerprint density at radius 2 is 1.32 bits per heavy atom. The van der Waals surface area contributed by atoms with Gasteiger partial charge >= 0.3 is 0 Å². The van der Waals surface area contributed by atoms with E-state index in [9.17, 15) is 9.90 Å². The van der Waals surface area contributed by atoms with E-state index in [-0.39, 0.29) is 5.91 Å². The zero-order chi connectivity index (χ0) is 21.7. The Morgan fingerprint density at radius 1 is 0.839 bits per heavy atom. The van der Waals surface area contributed by atoms with Gasteiger partial charge in [-0.05, 0) is 50.4 Å². The molecule has 0 saturated heterocycles. The molecule has 31 heavy (non-hydrogen) atoms. The Balaban J connectivity index is 1.46. The summed E-state index contributed by atoms with van der Waals surface area (Å²) in [6, 6.07) is 0. The van der Waals surface area contributed by atoms with Gasteiger partial charge < -0.3 is 10.8 Å². The summed E-state index contributed by atoms with van der Waals surface area (Å²) in [6.07, 6.45) is 21.9. The van der Waals surface area contributed by atoms with Gasteiger partial charge in [0, 0.05) is 0 Å². The van der Waals surface area contributed by atoms with Crippen molar-refractivity contribution in [1.29, 1.82) is 0 Å². The van der Waals surface area contributed by atoms with Crippen molar-refractivity contribution >= 4 is 11.9 Å². The minimum absolute atomic E-state index is 0.0793. The summed E-state index contributed by atoms with van der Waals surface area (Å²) >= 11 is 0. The van der Waals surface area contributed by atoms with E-state index in [1.807, 2.05) is 0 Å². The van der Waals surface area contributed by atoms with Crippen molar-refractivity contribution in [3.8, 4) is 0 Å². The van der Waals surface area contributed by atoms with Crippen molar-refractivity contribution < 1.29 is 9.90 Å². The Bertz CT molecular complexity index is 607. The topological polar surface area (TPSA) is 78.9 Å². The number of hydrogen-bond acceptors (Lipinski definition) is 4. The van der Waals surface area contributed by atoms with E-state index >= 15 is 0 Å². The molecule has 3 fully saturated rings. The van der Waals surface area contributed by atoms with Crippen LogP contribution in [-0.4, -0.2) is 39.6 Å². The van der Waals surface area contributed by atoms with Gasteiger partial charge in [0.2, 0.25) is 0 Å². The van der Waals surface area contributed by atoms with Gasteiger partial charge in [0.25, 0.3) is 5.91 Å². The van der Waals surface area contributed by atoms with E-state index < -0.39 is 11.1 Å². The van der Waals surface area contributed by atoms with Crippen molar-refractivity contribution in [3.05, 3.63) is 0 Å². The van der Waals surface area contributed by atoms with Crippen LogP contribution in [0.4, 0.5) is 0 Å². The van der Waals surface area contributed by atoms with Gasteiger partial charge in [-0.1, -0.05) is 83.5 Å². The molecule has 3 aliphatic carbocycles. The van der Waals surface area contributed by atoms with E-state index in [2.05, 4.69) is 0 Å². The van der Waals surface area contributed by atoms with E-state index in [1.54, 1.807) is 4.90 Å². The first-order chi connectivity index (χ1) is 15.0. The summed E-state index contributed by atoms with van der Waals surface area (Å²) in [5, 5.41) is 11.1. The van der Waals surface area contributed by atoms with Crippen LogP contribution in [0.5, 0.6) is 0 Å². The number of nitrogens with two attached hydrogens (primary N) is 1. The Hall–Kier alpha value is -1.10. The Labute approximate surface area is 189 Å². The number of carbonyl (C=O) groups excluding carboxylic acids is 1. The fraction of sp³-hybridized carbons (Fsp3) is 0.923. The molecule has 5 nitrogen and oxygen atoms in total. The van der Waals surface area contributed by atoms with Crippen LogP contribution in [0.2, 0.25) is 0 Å². The molecule has 3 saturated carbocycles. The second-order valence-electron chi connectivity index (χ2n) is 11.3. The second-order valence-corrected chi connectivity index (χ2v) is 11.3. The van der Waals surface area contributed by atoms with Gasteiger partial charge in [-0.25, -0.2) is 4.99 Å². The van der Waals surface area contributed by atoms with E-state index in [0.29, 0.717) is 12.5 Å². The molecule has 3 N–H and O–H groups in total. The molecule has 1 amide bonds. The molecule has 0 radical (unpaired) electrons. The molecule has 0 atom stereocenters. The molecule has 0 aromatic rings. The molecule has 0 spiro atoms. The van der Waals surface area contributed by atoms with Gasteiger partial charge in [-0.3, -0.25) is 9.69 Å². The number of hydrogen-bond donors (Lipinski definition) is 2. The highest BCUT2D eigenvalue weighted by atomic mass is 16.3. The Morgan fingerprint density at radius 3 is 1.84 bits per heavy atom. The lowest BCUT2D eigenvalue weighted by Crippen LogP contribution is -2.52.